The highest BCUT2D eigenvalue weighted by Gasteiger charge is 2.19. The molecule has 0 saturated carbocycles. The van der Waals surface area contributed by atoms with Crippen molar-refractivity contribution < 1.29 is 4.79 Å². The highest BCUT2D eigenvalue weighted by Crippen LogP contribution is 2.12. The van der Waals surface area contributed by atoms with Crippen molar-refractivity contribution >= 4 is 12.0 Å². The number of hydrogen-bond acceptors (Lipinski definition) is 4. The largest absolute Gasteiger partial charge is 0.303 e. The number of aliphatic imine (C=N–C) groups is 1. The van der Waals surface area contributed by atoms with E-state index in [0.29, 0.717) is 12.1 Å². The number of carbonyl (C=O) groups excluding carboxylic acids is 1. The molecule has 2 rings (SSSR count). The Morgan fingerprint density at radius 3 is 3.21 bits per heavy atom. The van der Waals surface area contributed by atoms with E-state index in [4.69, 9.17) is 0 Å². The number of carbonyl (C=O) groups is 1. The third-order valence-electron chi connectivity index (χ3n) is 2.43. The molecule has 2 aliphatic heterocycles. The van der Waals surface area contributed by atoms with Crippen molar-refractivity contribution in [3.63, 3.8) is 0 Å². The fraction of sp³-hybridized carbons (Fsp3) is 0.600. The second kappa shape index (κ2) is 4.37. The molecule has 4 nitrogen and oxygen atoms in total. The van der Waals surface area contributed by atoms with Gasteiger partial charge in [0.2, 0.25) is 0 Å². The summed E-state index contributed by atoms with van der Waals surface area (Å²) in [5.41, 5.74) is 3.81. The Morgan fingerprint density at radius 1 is 1.43 bits per heavy atom. The molecule has 0 spiro atoms. The van der Waals surface area contributed by atoms with E-state index in [0.717, 1.165) is 19.5 Å². The van der Waals surface area contributed by atoms with Crippen LogP contribution in [-0.2, 0) is 4.79 Å². The summed E-state index contributed by atoms with van der Waals surface area (Å²) in [6, 6.07) is 0. The van der Waals surface area contributed by atoms with Gasteiger partial charge in [0.1, 0.15) is 11.9 Å². The summed E-state index contributed by atoms with van der Waals surface area (Å²) in [5, 5.41) is 1.89. The number of allylic oxidation sites excluding steroid dienone is 1. The molecule has 2 aliphatic rings. The van der Waals surface area contributed by atoms with Gasteiger partial charge in [0, 0.05) is 25.7 Å². The van der Waals surface area contributed by atoms with Gasteiger partial charge >= 0.3 is 0 Å². The fourth-order valence-electron chi connectivity index (χ4n) is 1.66. The lowest BCUT2D eigenvalue weighted by Crippen LogP contribution is -2.40. The molecule has 75 valence electrons. The van der Waals surface area contributed by atoms with Gasteiger partial charge in [-0.1, -0.05) is 6.42 Å². The molecule has 1 N–H and O–H groups in total. The third-order valence-corrected chi connectivity index (χ3v) is 2.43. The van der Waals surface area contributed by atoms with Gasteiger partial charge in [-0.15, -0.1) is 0 Å². The van der Waals surface area contributed by atoms with Crippen molar-refractivity contribution in [3.05, 3.63) is 11.9 Å². The zero-order chi connectivity index (χ0) is 9.80. The predicted molar refractivity (Wildman–Crippen MR) is 53.4 cm³/mol. The zero-order valence-corrected chi connectivity index (χ0v) is 8.12. The van der Waals surface area contributed by atoms with Crippen molar-refractivity contribution in [1.82, 2.24) is 10.4 Å². The van der Waals surface area contributed by atoms with E-state index in [1.165, 1.54) is 12.8 Å². The molecule has 0 atom stereocenters. The maximum absolute atomic E-state index is 11.5. The molecule has 1 radical (unpaired) electrons. The Morgan fingerprint density at radius 2 is 2.36 bits per heavy atom. The smallest absolute Gasteiger partial charge is 0.187 e. The maximum atomic E-state index is 11.5. The highest BCUT2D eigenvalue weighted by molar-refractivity contribution is 6.03. The molecular formula is C10H14N3O. The van der Waals surface area contributed by atoms with Gasteiger partial charge in [-0.05, 0) is 12.8 Å². The predicted octanol–water partition coefficient (Wildman–Crippen LogP) is 0.665. The monoisotopic (exact) mass is 192 g/mol. The Bertz CT molecular complexity index is 275. The number of rotatable bonds is 1. The Balaban J connectivity index is 2.07. The van der Waals surface area contributed by atoms with Crippen LogP contribution in [0.2, 0.25) is 0 Å². The average molecular weight is 192 g/mol. The minimum atomic E-state index is 0.106. The van der Waals surface area contributed by atoms with E-state index >= 15 is 0 Å². The van der Waals surface area contributed by atoms with Crippen molar-refractivity contribution in [3.8, 4) is 0 Å². The normalized spacial score (nSPS) is 23.3. The summed E-state index contributed by atoms with van der Waals surface area (Å²) in [6.07, 6.45) is 8.28. The number of nitrogens with one attached hydrogen (secondary N) is 1. The van der Waals surface area contributed by atoms with Crippen molar-refractivity contribution in [2.45, 2.75) is 25.7 Å². The molecule has 0 aromatic carbocycles. The number of hydrogen-bond donors (Lipinski definition) is 1. The summed E-state index contributed by atoms with van der Waals surface area (Å²) < 4.78 is 0. The second-order valence-electron chi connectivity index (χ2n) is 3.52. The molecule has 0 bridgehead atoms. The number of Topliss-reactive ketones (excluding diaryl/α,β-unsaturated/α-hetero) is 1. The fourth-order valence-corrected chi connectivity index (χ4v) is 1.66. The van der Waals surface area contributed by atoms with Gasteiger partial charge in [0.25, 0.3) is 0 Å². The van der Waals surface area contributed by atoms with Crippen molar-refractivity contribution in [2.75, 3.05) is 13.1 Å². The van der Waals surface area contributed by atoms with Crippen LogP contribution >= 0.6 is 0 Å². The standard InChI is InChI=1S/C10H14N3O/c14-10-4-6-11-8-9(10)13-7-3-1-2-5-12-13/h6,12H,1-5,7H2. The van der Waals surface area contributed by atoms with Gasteiger partial charge in [0.15, 0.2) is 5.78 Å². The van der Waals surface area contributed by atoms with Gasteiger partial charge in [0.05, 0.1) is 0 Å². The second-order valence-corrected chi connectivity index (χ2v) is 3.52. The molecule has 4 heteroatoms. The molecule has 0 aromatic rings. The number of nitrogens with zero attached hydrogens (tertiary/aromatic N) is 2. The summed E-state index contributed by atoms with van der Waals surface area (Å²) in [4.78, 5) is 15.4. The molecule has 2 heterocycles. The molecule has 1 saturated heterocycles. The first-order valence-electron chi connectivity index (χ1n) is 5.06. The van der Waals surface area contributed by atoms with E-state index < -0.39 is 0 Å². The van der Waals surface area contributed by atoms with Crippen LogP contribution in [0, 0.1) is 6.20 Å². The van der Waals surface area contributed by atoms with Gasteiger partial charge in [-0.25, -0.2) is 5.43 Å². The van der Waals surface area contributed by atoms with Gasteiger partial charge in [-0.3, -0.25) is 9.79 Å². The Labute approximate surface area is 83.7 Å². The van der Waals surface area contributed by atoms with E-state index in [2.05, 4.69) is 16.6 Å². The van der Waals surface area contributed by atoms with Crippen LogP contribution in [0.1, 0.15) is 25.7 Å². The SMILES string of the molecule is O=C1CC=N[C]=C1N1CCCCCN1. The maximum Gasteiger partial charge on any atom is 0.187 e. The topological polar surface area (TPSA) is 44.7 Å². The lowest BCUT2D eigenvalue weighted by Gasteiger charge is -2.24. The van der Waals surface area contributed by atoms with Crippen LogP contribution in [0.15, 0.2) is 10.7 Å². The molecule has 14 heavy (non-hydrogen) atoms. The lowest BCUT2D eigenvalue weighted by atomic mass is 10.2. The van der Waals surface area contributed by atoms with E-state index in [1.807, 2.05) is 5.01 Å². The molecule has 0 unspecified atom stereocenters. The molecule has 0 aliphatic carbocycles. The van der Waals surface area contributed by atoms with Gasteiger partial charge < -0.3 is 5.01 Å². The van der Waals surface area contributed by atoms with Crippen LogP contribution in [0.3, 0.4) is 0 Å². The molecule has 0 aromatic heterocycles. The van der Waals surface area contributed by atoms with E-state index in [9.17, 15) is 4.79 Å². The lowest BCUT2D eigenvalue weighted by molar-refractivity contribution is -0.116. The van der Waals surface area contributed by atoms with Crippen molar-refractivity contribution in [1.29, 1.82) is 0 Å². The highest BCUT2D eigenvalue weighted by atomic mass is 16.1. The number of ketones is 1. The summed E-state index contributed by atoms with van der Waals surface area (Å²) in [7, 11) is 0. The first-order valence-corrected chi connectivity index (χ1v) is 5.06. The molecule has 1 fully saturated rings. The molecule has 0 amide bonds. The Kier molecular flexibility index (Phi) is 2.93. The summed E-state index contributed by atoms with van der Waals surface area (Å²) >= 11 is 0. The number of hydrazine groups is 1. The van der Waals surface area contributed by atoms with Crippen LogP contribution in [-0.4, -0.2) is 30.1 Å². The van der Waals surface area contributed by atoms with Crippen LogP contribution in [0.5, 0.6) is 0 Å². The summed E-state index contributed by atoms with van der Waals surface area (Å²) in [5.74, 6) is 0.106. The average Bonchev–Trinajstić information content (AvgIpc) is 2.47. The zero-order valence-electron chi connectivity index (χ0n) is 8.12. The first kappa shape index (κ1) is 9.40. The van der Waals surface area contributed by atoms with Gasteiger partial charge in [-0.2, -0.15) is 0 Å². The van der Waals surface area contributed by atoms with Crippen LogP contribution < -0.4 is 5.43 Å². The first-order chi connectivity index (χ1) is 6.88. The van der Waals surface area contributed by atoms with E-state index in [1.54, 1.807) is 6.21 Å². The van der Waals surface area contributed by atoms with Crippen LogP contribution in [0.4, 0.5) is 0 Å². The minimum Gasteiger partial charge on any atom is -0.303 e. The van der Waals surface area contributed by atoms with Crippen LogP contribution in [0.25, 0.3) is 0 Å². The quantitative estimate of drug-likeness (QED) is 0.664. The molecular weight excluding hydrogens is 178 g/mol. The third kappa shape index (κ3) is 2.01. The Hall–Kier alpha value is -1.16. The minimum absolute atomic E-state index is 0.106. The van der Waals surface area contributed by atoms with E-state index in [-0.39, 0.29) is 5.78 Å². The van der Waals surface area contributed by atoms with Crippen molar-refractivity contribution in [2.24, 2.45) is 4.99 Å². The summed E-state index contributed by atoms with van der Waals surface area (Å²) in [6.45, 7) is 1.81.